The Morgan fingerprint density at radius 1 is 0.864 bits per heavy atom. The molecule has 5 nitrogen and oxygen atoms in total. The van der Waals surface area contributed by atoms with Gasteiger partial charge in [-0.2, -0.15) is 0 Å². The molecule has 2 aromatic carbocycles. The maximum absolute atomic E-state index is 14.3. The number of aryl methyl sites for hydroxylation is 1. The Hall–Kier alpha value is -2.61. The molecule has 0 spiro atoms. The van der Waals surface area contributed by atoms with E-state index in [-0.39, 0.29) is 28.3 Å². The van der Waals surface area contributed by atoms with E-state index in [0.29, 0.717) is 37.0 Å². The second-order valence-corrected chi connectivity index (χ2v) is 16.2. The van der Waals surface area contributed by atoms with E-state index < -0.39 is 0 Å². The fourth-order valence-corrected chi connectivity index (χ4v) is 8.89. The number of benzene rings is 2. The molecule has 0 saturated heterocycles. The van der Waals surface area contributed by atoms with Crippen LogP contribution in [0, 0.1) is 21.3 Å². The summed E-state index contributed by atoms with van der Waals surface area (Å²) >= 11 is 2.32. The molecule has 0 unspecified atom stereocenters. The van der Waals surface area contributed by atoms with Crippen molar-refractivity contribution in [3.8, 4) is 11.5 Å². The number of halogens is 1. The van der Waals surface area contributed by atoms with Gasteiger partial charge >= 0.3 is 0 Å². The zero-order chi connectivity index (χ0) is 31.4. The Kier molecular flexibility index (Phi) is 8.53. The van der Waals surface area contributed by atoms with Gasteiger partial charge in [0.1, 0.15) is 6.61 Å². The highest BCUT2D eigenvalue weighted by atomic mass is 127. The minimum absolute atomic E-state index is 0.126. The zero-order valence-electron chi connectivity index (χ0n) is 27.1. The number of Topliss-reactive ketones (excluding diaryl/α,β-unsaturated/α-hetero) is 2. The molecule has 44 heavy (non-hydrogen) atoms. The van der Waals surface area contributed by atoms with Crippen LogP contribution >= 0.6 is 22.6 Å². The summed E-state index contributed by atoms with van der Waals surface area (Å²) in [5, 5.41) is 0. The van der Waals surface area contributed by atoms with Gasteiger partial charge in [0.2, 0.25) is 0 Å². The molecule has 1 aliphatic heterocycles. The quantitative estimate of drug-likeness (QED) is 0.281. The van der Waals surface area contributed by atoms with Crippen LogP contribution < -0.4 is 9.47 Å². The summed E-state index contributed by atoms with van der Waals surface area (Å²) in [4.78, 5) is 31.1. The van der Waals surface area contributed by atoms with E-state index in [1.54, 1.807) is 7.11 Å². The number of ketones is 2. The van der Waals surface area contributed by atoms with Gasteiger partial charge in [0.05, 0.1) is 10.7 Å². The summed E-state index contributed by atoms with van der Waals surface area (Å²) < 4.78 is 13.2. The van der Waals surface area contributed by atoms with Crippen molar-refractivity contribution in [3.63, 3.8) is 0 Å². The maximum Gasteiger partial charge on any atom is 0.174 e. The lowest BCUT2D eigenvalue weighted by Crippen LogP contribution is -2.48. The molecule has 0 bridgehead atoms. The van der Waals surface area contributed by atoms with E-state index >= 15 is 0 Å². The predicted octanol–water partition coefficient (Wildman–Crippen LogP) is 9.21. The largest absolute Gasteiger partial charge is 0.493 e. The van der Waals surface area contributed by atoms with Crippen molar-refractivity contribution in [1.29, 1.82) is 0 Å². The second kappa shape index (κ2) is 12.0. The Labute approximate surface area is 276 Å². The van der Waals surface area contributed by atoms with Gasteiger partial charge in [-0.05, 0) is 89.3 Å². The molecule has 6 heteroatoms. The molecule has 3 aliphatic carbocycles. The van der Waals surface area contributed by atoms with E-state index in [9.17, 15) is 9.59 Å². The van der Waals surface area contributed by atoms with E-state index in [1.165, 1.54) is 36.2 Å². The SMILES string of the molecule is COc1cc(C2C3=C(CC(C)(C)CC3=O)N(C3CCCCC3)C3=C2C(=O)CC(C)(C)C3)cc(I)c1OCc1cccc(C)c1. The smallest absolute Gasteiger partial charge is 0.174 e. The highest BCUT2D eigenvalue weighted by molar-refractivity contribution is 14.1. The lowest BCUT2D eigenvalue weighted by atomic mass is 9.63. The number of methoxy groups -OCH3 is 1. The molecule has 234 valence electrons. The highest BCUT2D eigenvalue weighted by Gasteiger charge is 2.50. The number of carbonyl (C=O) groups is 2. The van der Waals surface area contributed by atoms with Crippen LogP contribution in [-0.4, -0.2) is 29.6 Å². The van der Waals surface area contributed by atoms with Crippen LogP contribution in [0.2, 0.25) is 0 Å². The van der Waals surface area contributed by atoms with Crippen molar-refractivity contribution in [2.75, 3.05) is 7.11 Å². The molecule has 1 heterocycles. The van der Waals surface area contributed by atoms with Gasteiger partial charge in [0.15, 0.2) is 23.1 Å². The molecule has 0 amide bonds. The summed E-state index contributed by atoms with van der Waals surface area (Å²) in [7, 11) is 1.67. The second-order valence-electron chi connectivity index (χ2n) is 15.0. The first kappa shape index (κ1) is 31.4. The van der Waals surface area contributed by atoms with Gasteiger partial charge in [-0.15, -0.1) is 0 Å². The number of hydrogen-bond acceptors (Lipinski definition) is 5. The van der Waals surface area contributed by atoms with Gasteiger partial charge in [0, 0.05) is 47.3 Å². The Morgan fingerprint density at radius 2 is 1.48 bits per heavy atom. The first-order valence-electron chi connectivity index (χ1n) is 16.2. The van der Waals surface area contributed by atoms with Crippen molar-refractivity contribution in [3.05, 3.63) is 79.2 Å². The average molecular weight is 708 g/mol. The molecule has 2 aromatic rings. The highest BCUT2D eigenvalue weighted by Crippen LogP contribution is 2.56. The van der Waals surface area contributed by atoms with E-state index in [0.717, 1.165) is 51.5 Å². The molecule has 0 radical (unpaired) electrons. The molecule has 1 saturated carbocycles. The van der Waals surface area contributed by atoms with Crippen LogP contribution in [0.1, 0.15) is 108 Å². The van der Waals surface area contributed by atoms with E-state index in [2.05, 4.69) is 86.4 Å². The van der Waals surface area contributed by atoms with Gasteiger partial charge in [-0.25, -0.2) is 0 Å². The van der Waals surface area contributed by atoms with Gasteiger partial charge in [-0.3, -0.25) is 9.59 Å². The lowest BCUT2D eigenvalue weighted by molar-refractivity contribution is -0.119. The number of ether oxygens (including phenoxy) is 2. The molecule has 0 aromatic heterocycles. The molecule has 0 N–H and O–H groups in total. The third-order valence-corrected chi connectivity index (χ3v) is 10.7. The predicted molar refractivity (Wildman–Crippen MR) is 183 cm³/mol. The van der Waals surface area contributed by atoms with Crippen molar-refractivity contribution in [2.45, 2.75) is 111 Å². The van der Waals surface area contributed by atoms with Crippen LogP contribution in [0.3, 0.4) is 0 Å². The Bertz CT molecular complexity index is 1500. The maximum atomic E-state index is 14.3. The first-order valence-corrected chi connectivity index (χ1v) is 17.3. The Morgan fingerprint density at radius 3 is 2.05 bits per heavy atom. The van der Waals surface area contributed by atoms with Gasteiger partial charge < -0.3 is 14.4 Å². The van der Waals surface area contributed by atoms with Crippen LogP contribution in [-0.2, 0) is 16.2 Å². The van der Waals surface area contributed by atoms with Gasteiger partial charge in [-0.1, -0.05) is 76.8 Å². The number of nitrogens with zero attached hydrogens (tertiary/aromatic N) is 1. The summed E-state index contributed by atoms with van der Waals surface area (Å²) in [6.07, 6.45) is 8.56. The lowest BCUT2D eigenvalue weighted by Gasteiger charge is -2.52. The van der Waals surface area contributed by atoms with Crippen LogP contribution in [0.15, 0.2) is 58.9 Å². The van der Waals surface area contributed by atoms with E-state index in [1.807, 2.05) is 12.1 Å². The summed E-state index contributed by atoms with van der Waals surface area (Å²) in [5.74, 6) is 1.29. The molecule has 0 atom stereocenters. The zero-order valence-corrected chi connectivity index (χ0v) is 29.3. The molecular weight excluding hydrogens is 661 g/mol. The summed E-state index contributed by atoms with van der Waals surface area (Å²) in [6.45, 7) is 11.4. The van der Waals surface area contributed by atoms with E-state index in [4.69, 9.17) is 9.47 Å². The fraction of sp³-hybridized carbons (Fsp3) is 0.526. The third kappa shape index (κ3) is 6.00. The average Bonchev–Trinajstić information content (AvgIpc) is 2.94. The van der Waals surface area contributed by atoms with Crippen LogP contribution in [0.25, 0.3) is 0 Å². The fourth-order valence-electron chi connectivity index (χ4n) is 8.11. The Balaban J connectivity index is 1.50. The number of hydrogen-bond donors (Lipinski definition) is 0. The normalized spacial score (nSPS) is 22.2. The molecule has 1 fully saturated rings. The monoisotopic (exact) mass is 707 g/mol. The van der Waals surface area contributed by atoms with Crippen LogP contribution in [0.4, 0.5) is 0 Å². The van der Waals surface area contributed by atoms with Crippen LogP contribution in [0.5, 0.6) is 11.5 Å². The molecule has 4 aliphatic rings. The number of rotatable bonds is 6. The molecule has 6 rings (SSSR count). The van der Waals surface area contributed by atoms with Crippen molar-refractivity contribution in [2.24, 2.45) is 10.8 Å². The standard InChI is InChI=1S/C38H46INO4/c1-23-11-10-12-24(15-23)22-44-36-27(39)16-25(17-32(36)43-6)33-34-28(18-37(2,3)20-30(34)41)40(26-13-8-7-9-14-26)29-19-38(4,5)21-31(42)35(29)33/h10-12,15-17,26,33H,7-9,13-14,18-22H2,1-6H3. The summed E-state index contributed by atoms with van der Waals surface area (Å²) in [5.41, 5.74) is 6.99. The first-order chi connectivity index (χ1) is 20.9. The molecular formula is C38H46INO4. The van der Waals surface area contributed by atoms with Crippen molar-refractivity contribution >= 4 is 34.2 Å². The minimum atomic E-state index is -0.389. The van der Waals surface area contributed by atoms with Gasteiger partial charge in [0.25, 0.3) is 0 Å². The number of allylic oxidation sites excluding steroid dienone is 4. The number of carbonyl (C=O) groups excluding carboxylic acids is 2. The van der Waals surface area contributed by atoms with Crippen molar-refractivity contribution < 1.29 is 19.1 Å². The topological polar surface area (TPSA) is 55.8 Å². The minimum Gasteiger partial charge on any atom is -0.493 e. The summed E-state index contributed by atoms with van der Waals surface area (Å²) in [6, 6.07) is 12.8. The van der Waals surface area contributed by atoms with Crippen molar-refractivity contribution in [1.82, 2.24) is 4.90 Å². The third-order valence-electron chi connectivity index (χ3n) is 9.94.